The van der Waals surface area contributed by atoms with Crippen molar-refractivity contribution in [2.24, 2.45) is 5.41 Å². The van der Waals surface area contributed by atoms with Crippen molar-refractivity contribution >= 4 is 28.9 Å². The molecule has 0 aromatic heterocycles. The molecular weight excluding hydrogens is 259 g/mol. The van der Waals surface area contributed by atoms with Crippen LogP contribution in [-0.2, 0) is 20.9 Å². The van der Waals surface area contributed by atoms with Gasteiger partial charge in [0.1, 0.15) is 0 Å². The minimum Gasteiger partial charge on any atom is -0.322 e. The fourth-order valence-corrected chi connectivity index (χ4v) is 5.82. The Bertz CT molecular complexity index is 215. The lowest BCUT2D eigenvalue weighted by molar-refractivity contribution is 0.259. The van der Waals surface area contributed by atoms with Crippen molar-refractivity contribution in [3.05, 3.63) is 0 Å². The third kappa shape index (κ3) is 9.00. The van der Waals surface area contributed by atoms with Gasteiger partial charge in [0.25, 0.3) is 0 Å². The summed E-state index contributed by atoms with van der Waals surface area (Å²) >= 11 is 7.22. The van der Waals surface area contributed by atoms with E-state index < -0.39 is 5.69 Å². The lowest BCUT2D eigenvalue weighted by Gasteiger charge is -2.25. The topological polar surface area (TPSA) is 18.5 Å². The van der Waals surface area contributed by atoms with Gasteiger partial charge in [0.15, 0.2) is 0 Å². The second-order valence-corrected chi connectivity index (χ2v) is 11.3. The molecule has 0 radical (unpaired) electrons. The summed E-state index contributed by atoms with van der Waals surface area (Å²) in [5.41, 5.74) is -1.84. The van der Waals surface area contributed by atoms with Gasteiger partial charge in [-0.15, -0.1) is 0 Å². The normalized spacial score (nSPS) is 13.1. The molecule has 0 fully saturated rings. The van der Waals surface area contributed by atoms with Gasteiger partial charge in [-0.1, -0.05) is 46.0 Å². The van der Waals surface area contributed by atoms with Crippen LogP contribution in [0.15, 0.2) is 0 Å². The summed E-state index contributed by atoms with van der Waals surface area (Å²) in [6, 6.07) is 0. The van der Waals surface area contributed by atoms with Crippen LogP contribution < -0.4 is 0 Å². The van der Waals surface area contributed by atoms with E-state index in [1.165, 1.54) is 0 Å². The van der Waals surface area contributed by atoms with Crippen LogP contribution in [0.1, 0.15) is 47.5 Å². The Balaban J connectivity index is 4.23. The molecule has 16 heavy (non-hydrogen) atoms. The summed E-state index contributed by atoms with van der Waals surface area (Å²) in [5, 5.41) is 0. The van der Waals surface area contributed by atoms with E-state index in [1.807, 2.05) is 0 Å². The summed E-state index contributed by atoms with van der Waals surface area (Å²) in [7, 11) is 0. The first-order valence-electron chi connectivity index (χ1n) is 5.86. The maximum Gasteiger partial charge on any atom is 0.247 e. The lowest BCUT2D eigenvalue weighted by atomic mass is 10.0. The van der Waals surface area contributed by atoms with Crippen molar-refractivity contribution in [1.82, 2.24) is 0 Å². The first kappa shape index (κ1) is 16.9. The molecule has 98 valence electrons. The summed E-state index contributed by atoms with van der Waals surface area (Å²) in [6.07, 6.45) is 1.98. The van der Waals surface area contributed by atoms with E-state index in [-0.39, 0.29) is 5.41 Å². The second-order valence-electron chi connectivity index (χ2n) is 4.95. The third-order valence-electron chi connectivity index (χ3n) is 1.56. The van der Waals surface area contributed by atoms with E-state index in [2.05, 4.69) is 34.6 Å². The van der Waals surface area contributed by atoms with Crippen LogP contribution in [0.3, 0.4) is 0 Å². The van der Waals surface area contributed by atoms with E-state index in [0.717, 1.165) is 18.6 Å². The van der Waals surface area contributed by atoms with Crippen molar-refractivity contribution < 1.29 is 9.05 Å². The first-order chi connectivity index (χ1) is 7.33. The highest BCUT2D eigenvalue weighted by molar-refractivity contribution is 8.67. The number of hydrogen-bond donors (Lipinski definition) is 0. The van der Waals surface area contributed by atoms with Crippen LogP contribution >= 0.6 is 17.1 Å². The Hall–Kier alpha value is 0.920. The molecule has 0 aliphatic rings. The Morgan fingerprint density at radius 3 is 1.81 bits per heavy atom. The van der Waals surface area contributed by atoms with E-state index in [9.17, 15) is 0 Å². The molecule has 0 aromatic rings. The summed E-state index contributed by atoms with van der Waals surface area (Å²) in [4.78, 5) is 0. The minimum absolute atomic E-state index is 0.264. The molecule has 5 heteroatoms. The molecule has 0 amide bonds. The maximum absolute atomic E-state index is 5.74. The molecule has 0 saturated heterocycles. The highest BCUT2D eigenvalue weighted by Gasteiger charge is 2.23. The molecule has 0 spiro atoms. The molecule has 0 rings (SSSR count). The SMILES string of the molecule is CCCOP(=S)(OCCC)SCC(C)(C)C. The molecule has 0 N–H and O–H groups in total. The fraction of sp³-hybridized carbons (Fsp3) is 1.00. The van der Waals surface area contributed by atoms with Crippen LogP contribution in [0.4, 0.5) is 0 Å². The molecule has 0 unspecified atom stereocenters. The molecule has 0 atom stereocenters. The van der Waals surface area contributed by atoms with Gasteiger partial charge in [0, 0.05) is 5.75 Å². The Labute approximate surface area is 110 Å². The zero-order valence-electron chi connectivity index (χ0n) is 11.1. The number of hydrogen-bond acceptors (Lipinski definition) is 4. The molecule has 0 saturated carbocycles. The second kappa shape index (κ2) is 8.10. The van der Waals surface area contributed by atoms with Crippen LogP contribution in [0.5, 0.6) is 0 Å². The highest BCUT2D eigenvalue weighted by Crippen LogP contribution is 2.62. The maximum atomic E-state index is 5.74. The van der Waals surface area contributed by atoms with E-state index in [1.54, 1.807) is 11.4 Å². The average molecular weight is 284 g/mol. The molecule has 2 nitrogen and oxygen atoms in total. The van der Waals surface area contributed by atoms with Gasteiger partial charge in [-0.2, -0.15) is 0 Å². The zero-order valence-corrected chi connectivity index (χ0v) is 13.6. The summed E-state index contributed by atoms with van der Waals surface area (Å²) < 4.78 is 11.5. The molecule has 0 aromatic carbocycles. The third-order valence-corrected chi connectivity index (χ3v) is 7.42. The monoisotopic (exact) mass is 284 g/mol. The first-order valence-corrected chi connectivity index (χ1v) is 10.1. The predicted molar refractivity (Wildman–Crippen MR) is 78.7 cm³/mol. The van der Waals surface area contributed by atoms with Gasteiger partial charge in [-0.3, -0.25) is 0 Å². The van der Waals surface area contributed by atoms with Gasteiger partial charge >= 0.3 is 0 Å². The Morgan fingerprint density at radius 1 is 1.06 bits per heavy atom. The van der Waals surface area contributed by atoms with Crippen LogP contribution in [0.2, 0.25) is 0 Å². The molecular formula is C11H25O2PS2. The minimum atomic E-state index is -2.10. The van der Waals surface area contributed by atoms with E-state index in [0.29, 0.717) is 13.2 Å². The molecule has 0 heterocycles. The van der Waals surface area contributed by atoms with Crippen molar-refractivity contribution in [3.63, 3.8) is 0 Å². The number of rotatable bonds is 8. The Morgan fingerprint density at radius 2 is 1.50 bits per heavy atom. The van der Waals surface area contributed by atoms with Crippen LogP contribution in [-0.4, -0.2) is 19.0 Å². The van der Waals surface area contributed by atoms with Gasteiger partial charge in [-0.05, 0) is 30.1 Å². The van der Waals surface area contributed by atoms with Gasteiger partial charge in [0.05, 0.1) is 13.2 Å². The fourth-order valence-electron chi connectivity index (χ4n) is 0.791. The van der Waals surface area contributed by atoms with Gasteiger partial charge in [0.2, 0.25) is 5.69 Å². The van der Waals surface area contributed by atoms with Crippen LogP contribution in [0, 0.1) is 5.41 Å². The van der Waals surface area contributed by atoms with Crippen molar-refractivity contribution in [2.45, 2.75) is 47.5 Å². The summed E-state index contributed by atoms with van der Waals surface area (Å²) in [6.45, 7) is 12.2. The zero-order chi connectivity index (χ0) is 12.7. The van der Waals surface area contributed by atoms with Crippen molar-refractivity contribution in [2.75, 3.05) is 19.0 Å². The summed E-state index contributed by atoms with van der Waals surface area (Å²) in [5.74, 6) is 0.984. The highest BCUT2D eigenvalue weighted by atomic mass is 32.9. The van der Waals surface area contributed by atoms with Gasteiger partial charge < -0.3 is 9.05 Å². The van der Waals surface area contributed by atoms with E-state index in [4.69, 9.17) is 20.9 Å². The molecule has 0 bridgehead atoms. The average Bonchev–Trinajstić information content (AvgIpc) is 2.20. The lowest BCUT2D eigenvalue weighted by Crippen LogP contribution is -2.09. The smallest absolute Gasteiger partial charge is 0.247 e. The standard InChI is InChI=1S/C11H25O2PS2/c1-6-8-12-14(15,13-9-7-2)16-10-11(3,4)5/h6-10H2,1-5H3. The Kier molecular flexibility index (Phi) is 8.56. The molecule has 0 aliphatic carbocycles. The van der Waals surface area contributed by atoms with Crippen molar-refractivity contribution in [1.29, 1.82) is 0 Å². The van der Waals surface area contributed by atoms with E-state index >= 15 is 0 Å². The predicted octanol–water partition coefficient (Wildman–Crippen LogP) is 4.84. The van der Waals surface area contributed by atoms with Crippen LogP contribution in [0.25, 0.3) is 0 Å². The molecule has 0 aliphatic heterocycles. The largest absolute Gasteiger partial charge is 0.322 e. The quantitative estimate of drug-likeness (QED) is 0.593. The van der Waals surface area contributed by atoms with Crippen molar-refractivity contribution in [3.8, 4) is 0 Å². The van der Waals surface area contributed by atoms with Gasteiger partial charge in [-0.25, -0.2) is 0 Å².